The molecule has 0 spiro atoms. The zero-order chi connectivity index (χ0) is 12.6. The molecule has 3 rings (SSSR count). The maximum atomic E-state index is 6.00. The van der Waals surface area contributed by atoms with Gasteiger partial charge in [-0.3, -0.25) is 4.90 Å². The van der Waals surface area contributed by atoms with Crippen molar-refractivity contribution < 1.29 is 4.74 Å². The van der Waals surface area contributed by atoms with E-state index in [0.29, 0.717) is 6.04 Å². The van der Waals surface area contributed by atoms with Gasteiger partial charge in [-0.1, -0.05) is 18.5 Å². The Morgan fingerprint density at radius 1 is 1.50 bits per heavy atom. The van der Waals surface area contributed by atoms with Gasteiger partial charge in [-0.05, 0) is 32.4 Å². The summed E-state index contributed by atoms with van der Waals surface area (Å²) in [6.45, 7) is 6.48. The molecule has 0 unspecified atom stereocenters. The zero-order valence-corrected chi connectivity index (χ0v) is 12.3. The number of thiazole rings is 1. The lowest BCUT2D eigenvalue weighted by molar-refractivity contribution is 0.102. The molecule has 1 aromatic heterocycles. The van der Waals surface area contributed by atoms with Crippen molar-refractivity contribution in [2.45, 2.75) is 37.6 Å². The second kappa shape index (κ2) is 5.08. The second-order valence-electron chi connectivity index (χ2n) is 5.58. The summed E-state index contributed by atoms with van der Waals surface area (Å²) in [7, 11) is 0. The highest BCUT2D eigenvalue weighted by Crippen LogP contribution is 2.39. The molecule has 3 heterocycles. The van der Waals surface area contributed by atoms with Crippen molar-refractivity contribution in [2.24, 2.45) is 0 Å². The molecule has 2 saturated heterocycles. The van der Waals surface area contributed by atoms with E-state index in [-0.39, 0.29) is 5.41 Å². The third-order valence-corrected chi connectivity index (χ3v) is 5.74. The van der Waals surface area contributed by atoms with Crippen LogP contribution < -0.4 is 0 Å². The minimum atomic E-state index is 0.216. The summed E-state index contributed by atoms with van der Waals surface area (Å²) in [5, 5.41) is 1.20. The predicted molar refractivity (Wildman–Crippen MR) is 74.5 cm³/mol. The standard InChI is InChI=1S/C13H19ClN2OS/c1-13(12-15-8-11(14)18-12)3-5-16(6-4-13)10-2-7-17-9-10/h8,10H,2-7,9H2,1H3/t10-/m1/s1. The summed E-state index contributed by atoms with van der Waals surface area (Å²) in [4.78, 5) is 7.06. The van der Waals surface area contributed by atoms with Crippen LogP contribution in [-0.2, 0) is 10.2 Å². The normalized spacial score (nSPS) is 28.7. The van der Waals surface area contributed by atoms with Gasteiger partial charge in [0.05, 0.1) is 17.8 Å². The lowest BCUT2D eigenvalue weighted by Gasteiger charge is -2.40. The summed E-state index contributed by atoms with van der Waals surface area (Å²) in [5.41, 5.74) is 0.216. The first-order valence-corrected chi connectivity index (χ1v) is 7.80. The fourth-order valence-electron chi connectivity index (χ4n) is 2.94. The molecule has 0 radical (unpaired) electrons. The maximum Gasteiger partial charge on any atom is 0.113 e. The van der Waals surface area contributed by atoms with Gasteiger partial charge in [-0.25, -0.2) is 4.98 Å². The van der Waals surface area contributed by atoms with E-state index in [1.165, 1.54) is 24.3 Å². The molecule has 0 N–H and O–H groups in total. The van der Waals surface area contributed by atoms with E-state index in [4.69, 9.17) is 16.3 Å². The fourth-order valence-corrected chi connectivity index (χ4v) is 4.05. The van der Waals surface area contributed by atoms with Gasteiger partial charge in [-0.15, -0.1) is 11.3 Å². The van der Waals surface area contributed by atoms with Gasteiger partial charge in [0.1, 0.15) is 4.34 Å². The monoisotopic (exact) mass is 286 g/mol. The molecule has 0 bridgehead atoms. The number of hydrogen-bond donors (Lipinski definition) is 0. The largest absolute Gasteiger partial charge is 0.380 e. The lowest BCUT2D eigenvalue weighted by atomic mass is 9.80. The molecule has 3 nitrogen and oxygen atoms in total. The number of piperidine rings is 1. The average Bonchev–Trinajstić information content (AvgIpc) is 3.01. The van der Waals surface area contributed by atoms with Crippen molar-refractivity contribution >= 4 is 22.9 Å². The molecule has 0 saturated carbocycles. The SMILES string of the molecule is CC1(c2ncc(Cl)s2)CCN([C@@H]2CCOC2)CC1. The average molecular weight is 287 g/mol. The molecule has 2 aliphatic rings. The van der Waals surface area contributed by atoms with Crippen LogP contribution in [0.25, 0.3) is 0 Å². The number of aromatic nitrogens is 1. The molecular formula is C13H19ClN2OS. The van der Waals surface area contributed by atoms with Crippen molar-refractivity contribution in [2.75, 3.05) is 26.3 Å². The van der Waals surface area contributed by atoms with Crippen LogP contribution in [0, 0.1) is 0 Å². The molecule has 0 aromatic carbocycles. The van der Waals surface area contributed by atoms with Crippen LogP contribution in [0.1, 0.15) is 31.2 Å². The van der Waals surface area contributed by atoms with E-state index in [1.807, 2.05) is 0 Å². The Labute approximate surface area is 117 Å². The second-order valence-corrected chi connectivity index (χ2v) is 7.25. The number of hydrogen-bond acceptors (Lipinski definition) is 4. The Morgan fingerprint density at radius 2 is 2.28 bits per heavy atom. The van der Waals surface area contributed by atoms with Crippen LogP contribution in [0.2, 0.25) is 4.34 Å². The first-order chi connectivity index (χ1) is 8.67. The zero-order valence-electron chi connectivity index (χ0n) is 10.7. The Bertz CT molecular complexity index is 409. The van der Waals surface area contributed by atoms with E-state index in [9.17, 15) is 0 Å². The van der Waals surface area contributed by atoms with Crippen molar-refractivity contribution in [3.8, 4) is 0 Å². The van der Waals surface area contributed by atoms with Gasteiger partial charge >= 0.3 is 0 Å². The molecule has 2 aliphatic heterocycles. The van der Waals surface area contributed by atoms with E-state index < -0.39 is 0 Å². The first-order valence-electron chi connectivity index (χ1n) is 6.61. The van der Waals surface area contributed by atoms with E-state index >= 15 is 0 Å². The van der Waals surface area contributed by atoms with Crippen molar-refractivity contribution in [3.63, 3.8) is 0 Å². The van der Waals surface area contributed by atoms with Crippen LogP contribution in [0.5, 0.6) is 0 Å². The quantitative estimate of drug-likeness (QED) is 0.836. The summed E-state index contributed by atoms with van der Waals surface area (Å²) in [5.74, 6) is 0. The van der Waals surface area contributed by atoms with Crippen LogP contribution in [0.3, 0.4) is 0 Å². The molecular weight excluding hydrogens is 268 g/mol. The number of halogens is 1. The minimum absolute atomic E-state index is 0.216. The van der Waals surface area contributed by atoms with Crippen LogP contribution in [-0.4, -0.2) is 42.2 Å². The Morgan fingerprint density at radius 3 is 2.83 bits per heavy atom. The highest BCUT2D eigenvalue weighted by atomic mass is 35.5. The highest BCUT2D eigenvalue weighted by molar-refractivity contribution is 7.15. The third-order valence-electron chi connectivity index (χ3n) is 4.32. The molecule has 1 aromatic rings. The van der Waals surface area contributed by atoms with Gasteiger partial charge in [0, 0.05) is 18.1 Å². The molecule has 0 aliphatic carbocycles. The van der Waals surface area contributed by atoms with Gasteiger partial charge in [0.15, 0.2) is 0 Å². The van der Waals surface area contributed by atoms with Gasteiger partial charge < -0.3 is 4.74 Å². The predicted octanol–water partition coefficient (Wildman–Crippen LogP) is 2.94. The topological polar surface area (TPSA) is 25.4 Å². The highest BCUT2D eigenvalue weighted by Gasteiger charge is 2.36. The third kappa shape index (κ3) is 2.44. The Hall–Kier alpha value is -0.160. The van der Waals surface area contributed by atoms with Gasteiger partial charge in [-0.2, -0.15) is 0 Å². The van der Waals surface area contributed by atoms with Crippen molar-refractivity contribution in [3.05, 3.63) is 15.5 Å². The number of likely N-dealkylation sites (tertiary alicyclic amines) is 1. The molecule has 5 heteroatoms. The summed E-state index contributed by atoms with van der Waals surface area (Å²) < 4.78 is 6.28. The number of ether oxygens (including phenoxy) is 1. The fraction of sp³-hybridized carbons (Fsp3) is 0.769. The Kier molecular flexibility index (Phi) is 3.63. The molecule has 18 heavy (non-hydrogen) atoms. The number of nitrogens with zero attached hydrogens (tertiary/aromatic N) is 2. The molecule has 1 atom stereocenters. The van der Waals surface area contributed by atoms with Crippen LogP contribution >= 0.6 is 22.9 Å². The van der Waals surface area contributed by atoms with Crippen molar-refractivity contribution in [1.82, 2.24) is 9.88 Å². The molecule has 100 valence electrons. The first kappa shape index (κ1) is 12.9. The van der Waals surface area contributed by atoms with E-state index in [2.05, 4.69) is 16.8 Å². The van der Waals surface area contributed by atoms with Gasteiger partial charge in [0.25, 0.3) is 0 Å². The summed E-state index contributed by atoms with van der Waals surface area (Å²) in [6.07, 6.45) is 5.32. The Balaban J connectivity index is 1.65. The van der Waals surface area contributed by atoms with E-state index in [1.54, 1.807) is 17.5 Å². The summed E-state index contributed by atoms with van der Waals surface area (Å²) >= 11 is 7.64. The maximum absolute atomic E-state index is 6.00. The van der Waals surface area contributed by atoms with Crippen LogP contribution in [0.4, 0.5) is 0 Å². The number of rotatable bonds is 2. The molecule has 0 amide bonds. The lowest BCUT2D eigenvalue weighted by Crippen LogP contribution is -2.46. The molecule has 2 fully saturated rings. The minimum Gasteiger partial charge on any atom is -0.380 e. The van der Waals surface area contributed by atoms with E-state index in [0.717, 1.165) is 30.6 Å². The van der Waals surface area contributed by atoms with Crippen LogP contribution in [0.15, 0.2) is 6.20 Å². The smallest absolute Gasteiger partial charge is 0.113 e. The summed E-state index contributed by atoms with van der Waals surface area (Å²) in [6, 6.07) is 0.648. The van der Waals surface area contributed by atoms with Crippen molar-refractivity contribution in [1.29, 1.82) is 0 Å². The van der Waals surface area contributed by atoms with Gasteiger partial charge in [0.2, 0.25) is 0 Å².